The van der Waals surface area contributed by atoms with E-state index in [1.54, 1.807) is 0 Å². The van der Waals surface area contributed by atoms with Crippen LogP contribution in [-0.2, 0) is 12.8 Å². The molecule has 0 spiro atoms. The van der Waals surface area contributed by atoms with Gasteiger partial charge in [0.1, 0.15) is 0 Å². The van der Waals surface area contributed by atoms with Crippen molar-refractivity contribution < 1.29 is 0 Å². The molecule has 0 aliphatic rings. The van der Waals surface area contributed by atoms with E-state index < -0.39 is 0 Å². The number of nitrogen functional groups attached to an aromatic ring is 2. The molecule has 18 heavy (non-hydrogen) atoms. The minimum Gasteiger partial charge on any atom is -0.397 e. The Labute approximate surface area is 111 Å². The van der Waals surface area contributed by atoms with Crippen LogP contribution < -0.4 is 22.9 Å². The van der Waals surface area contributed by atoms with E-state index in [9.17, 15) is 0 Å². The lowest BCUT2D eigenvalue weighted by Gasteiger charge is -2.14. The Hall–Kier alpha value is -1.26. The molecule has 104 valence electrons. The Kier molecular flexibility index (Phi) is 7.39. The molecule has 1 rings (SSSR count). The standard InChI is InChI=1S/C11H18N2.C3H10N2/c1-4-8-6-7(3)10(12)11(13)9(8)5-2;1-3(5)2-4/h6H,4-5,12-13H2,1-3H3;3H,2,4-5H2,1H3. The molecule has 4 nitrogen and oxygen atoms in total. The van der Waals surface area contributed by atoms with Gasteiger partial charge in [0.2, 0.25) is 0 Å². The van der Waals surface area contributed by atoms with Gasteiger partial charge in [-0.15, -0.1) is 0 Å². The summed E-state index contributed by atoms with van der Waals surface area (Å²) >= 11 is 0. The van der Waals surface area contributed by atoms with Gasteiger partial charge in [0.25, 0.3) is 0 Å². The summed E-state index contributed by atoms with van der Waals surface area (Å²) in [6, 6.07) is 2.31. The average molecular weight is 252 g/mol. The highest BCUT2D eigenvalue weighted by molar-refractivity contribution is 5.72. The number of nitrogens with two attached hydrogens (primary N) is 4. The molecule has 1 atom stereocenters. The van der Waals surface area contributed by atoms with E-state index in [0.717, 1.165) is 29.8 Å². The minimum atomic E-state index is 0.162. The Balaban J connectivity index is 0.000000494. The van der Waals surface area contributed by atoms with Gasteiger partial charge in [-0.25, -0.2) is 0 Å². The van der Waals surface area contributed by atoms with Gasteiger partial charge in [0.05, 0.1) is 11.4 Å². The number of hydrogen-bond acceptors (Lipinski definition) is 4. The number of hydrogen-bond donors (Lipinski definition) is 4. The van der Waals surface area contributed by atoms with Gasteiger partial charge in [-0.3, -0.25) is 0 Å². The summed E-state index contributed by atoms with van der Waals surface area (Å²) in [6.07, 6.45) is 1.98. The molecule has 0 saturated carbocycles. The molecule has 8 N–H and O–H groups in total. The summed E-state index contributed by atoms with van der Waals surface area (Å²) in [5.41, 5.74) is 27.2. The van der Waals surface area contributed by atoms with Crippen molar-refractivity contribution in [1.29, 1.82) is 0 Å². The van der Waals surface area contributed by atoms with Crippen LogP contribution in [0.1, 0.15) is 37.5 Å². The van der Waals surface area contributed by atoms with Crippen LogP contribution in [0.2, 0.25) is 0 Å². The molecule has 0 heterocycles. The molecule has 0 fully saturated rings. The molecule has 1 aromatic carbocycles. The lowest BCUT2D eigenvalue weighted by molar-refractivity contribution is 0.752. The van der Waals surface area contributed by atoms with Crippen LogP contribution in [0.3, 0.4) is 0 Å². The Morgan fingerprint density at radius 1 is 1.11 bits per heavy atom. The van der Waals surface area contributed by atoms with E-state index in [4.69, 9.17) is 22.9 Å². The topological polar surface area (TPSA) is 104 Å². The number of benzene rings is 1. The molecule has 0 aliphatic carbocycles. The first-order valence-corrected chi connectivity index (χ1v) is 6.50. The third-order valence-electron chi connectivity index (χ3n) is 2.92. The fraction of sp³-hybridized carbons (Fsp3) is 0.571. The zero-order valence-corrected chi connectivity index (χ0v) is 12.1. The zero-order valence-electron chi connectivity index (χ0n) is 12.1. The Morgan fingerprint density at radius 3 is 1.94 bits per heavy atom. The molecule has 0 aliphatic heterocycles. The molecule has 0 amide bonds. The third-order valence-corrected chi connectivity index (χ3v) is 2.92. The van der Waals surface area contributed by atoms with Gasteiger partial charge in [-0.05, 0) is 43.4 Å². The first-order chi connectivity index (χ1) is 8.38. The third kappa shape index (κ3) is 4.55. The van der Waals surface area contributed by atoms with Gasteiger partial charge in [-0.1, -0.05) is 19.9 Å². The van der Waals surface area contributed by atoms with Crippen LogP contribution in [0.5, 0.6) is 0 Å². The molecule has 0 saturated heterocycles. The number of anilines is 2. The van der Waals surface area contributed by atoms with Crippen LogP contribution in [0, 0.1) is 6.92 Å². The van der Waals surface area contributed by atoms with Crippen molar-refractivity contribution in [2.24, 2.45) is 11.5 Å². The number of rotatable bonds is 3. The van der Waals surface area contributed by atoms with E-state index in [1.165, 1.54) is 11.1 Å². The molecule has 1 unspecified atom stereocenters. The van der Waals surface area contributed by atoms with Crippen molar-refractivity contribution in [3.8, 4) is 0 Å². The summed E-state index contributed by atoms with van der Waals surface area (Å²) in [5.74, 6) is 0. The second-order valence-corrected chi connectivity index (χ2v) is 4.58. The molecule has 0 radical (unpaired) electrons. The molecule has 4 heteroatoms. The van der Waals surface area contributed by atoms with Gasteiger partial charge in [-0.2, -0.15) is 0 Å². The van der Waals surface area contributed by atoms with E-state index in [-0.39, 0.29) is 6.04 Å². The number of aryl methyl sites for hydroxylation is 2. The van der Waals surface area contributed by atoms with E-state index in [0.29, 0.717) is 6.54 Å². The maximum Gasteiger partial charge on any atom is 0.0585 e. The summed E-state index contributed by atoms with van der Waals surface area (Å²) in [6.45, 7) is 8.72. The van der Waals surface area contributed by atoms with Gasteiger partial charge >= 0.3 is 0 Å². The highest BCUT2D eigenvalue weighted by Gasteiger charge is 2.08. The fourth-order valence-electron chi connectivity index (χ4n) is 1.71. The van der Waals surface area contributed by atoms with Gasteiger partial charge in [0.15, 0.2) is 0 Å². The van der Waals surface area contributed by atoms with Crippen molar-refractivity contribution in [2.45, 2.75) is 46.6 Å². The normalized spacial score (nSPS) is 11.7. The smallest absolute Gasteiger partial charge is 0.0585 e. The lowest BCUT2D eigenvalue weighted by atomic mass is 9.97. The molecular weight excluding hydrogens is 224 g/mol. The minimum absolute atomic E-state index is 0.162. The monoisotopic (exact) mass is 252 g/mol. The summed E-state index contributed by atoms with van der Waals surface area (Å²) in [7, 11) is 0. The SMILES string of the molecule is CC(N)CN.CCc1cc(C)c(N)c(N)c1CC. The summed E-state index contributed by atoms with van der Waals surface area (Å²) in [5, 5.41) is 0. The summed E-state index contributed by atoms with van der Waals surface area (Å²) < 4.78 is 0. The van der Waals surface area contributed by atoms with Gasteiger partial charge in [0, 0.05) is 12.6 Å². The van der Waals surface area contributed by atoms with E-state index in [1.807, 2.05) is 13.8 Å². The van der Waals surface area contributed by atoms with Crippen molar-refractivity contribution in [2.75, 3.05) is 18.0 Å². The molecule has 0 bridgehead atoms. The Morgan fingerprint density at radius 2 is 1.61 bits per heavy atom. The van der Waals surface area contributed by atoms with E-state index >= 15 is 0 Å². The molecule has 1 aromatic rings. The average Bonchev–Trinajstić information content (AvgIpc) is 2.36. The van der Waals surface area contributed by atoms with Gasteiger partial charge < -0.3 is 22.9 Å². The first kappa shape index (κ1) is 16.7. The highest BCUT2D eigenvalue weighted by Crippen LogP contribution is 2.28. The predicted octanol–water partition coefficient (Wildman–Crippen LogP) is 1.58. The first-order valence-electron chi connectivity index (χ1n) is 6.50. The van der Waals surface area contributed by atoms with Crippen LogP contribution in [-0.4, -0.2) is 12.6 Å². The fourth-order valence-corrected chi connectivity index (χ4v) is 1.71. The molecular formula is C14H28N4. The quantitative estimate of drug-likeness (QED) is 0.613. The van der Waals surface area contributed by atoms with Crippen LogP contribution in [0.25, 0.3) is 0 Å². The van der Waals surface area contributed by atoms with Crippen molar-refractivity contribution in [3.05, 3.63) is 22.8 Å². The van der Waals surface area contributed by atoms with Crippen molar-refractivity contribution in [3.63, 3.8) is 0 Å². The molecule has 0 aromatic heterocycles. The highest BCUT2D eigenvalue weighted by atomic mass is 14.7. The van der Waals surface area contributed by atoms with Crippen molar-refractivity contribution >= 4 is 11.4 Å². The van der Waals surface area contributed by atoms with Crippen LogP contribution in [0.4, 0.5) is 11.4 Å². The zero-order chi connectivity index (χ0) is 14.3. The largest absolute Gasteiger partial charge is 0.397 e. The van der Waals surface area contributed by atoms with Crippen molar-refractivity contribution in [1.82, 2.24) is 0 Å². The maximum atomic E-state index is 5.95. The van der Waals surface area contributed by atoms with Crippen LogP contribution >= 0.6 is 0 Å². The maximum absolute atomic E-state index is 5.95. The lowest BCUT2D eigenvalue weighted by Crippen LogP contribution is -2.25. The summed E-state index contributed by atoms with van der Waals surface area (Å²) in [4.78, 5) is 0. The van der Waals surface area contributed by atoms with E-state index in [2.05, 4.69) is 19.9 Å². The second kappa shape index (κ2) is 7.95. The van der Waals surface area contributed by atoms with Crippen LogP contribution in [0.15, 0.2) is 6.07 Å². The predicted molar refractivity (Wildman–Crippen MR) is 81.5 cm³/mol. The second-order valence-electron chi connectivity index (χ2n) is 4.58. The Bertz CT molecular complexity index is 373.